The third kappa shape index (κ3) is 2.98. The van der Waals surface area contributed by atoms with Crippen molar-refractivity contribution in [1.29, 1.82) is 0 Å². The van der Waals surface area contributed by atoms with Crippen molar-refractivity contribution in [2.45, 2.75) is 18.9 Å². The minimum atomic E-state index is -0.600. The quantitative estimate of drug-likeness (QED) is 0.825. The fraction of sp³-hybridized carbons (Fsp3) is 0.455. The van der Waals surface area contributed by atoms with Gasteiger partial charge in [0, 0.05) is 44.2 Å². The van der Waals surface area contributed by atoms with E-state index in [9.17, 15) is 4.21 Å². The molecule has 1 heterocycles. The van der Waals surface area contributed by atoms with Crippen molar-refractivity contribution in [3.05, 3.63) is 22.7 Å². The maximum Gasteiger partial charge on any atom is 0.0488 e. The topological polar surface area (TPSA) is 55.1 Å². The fourth-order valence-electron chi connectivity index (χ4n) is 1.81. The van der Waals surface area contributed by atoms with Crippen molar-refractivity contribution in [2.24, 2.45) is 0 Å². The van der Waals surface area contributed by atoms with Crippen LogP contribution in [0, 0.1) is 0 Å². The molecule has 88 valence electrons. The van der Waals surface area contributed by atoms with Crippen LogP contribution in [-0.2, 0) is 10.8 Å². The van der Waals surface area contributed by atoms with Gasteiger partial charge in [0.05, 0.1) is 0 Å². The van der Waals surface area contributed by atoms with Crippen molar-refractivity contribution in [3.63, 3.8) is 0 Å². The second-order valence-corrected chi connectivity index (χ2v) is 6.56. The van der Waals surface area contributed by atoms with Crippen LogP contribution in [0.15, 0.2) is 22.7 Å². The van der Waals surface area contributed by atoms with Gasteiger partial charge in [0.2, 0.25) is 0 Å². The van der Waals surface area contributed by atoms with Crippen LogP contribution in [0.5, 0.6) is 0 Å². The number of nitrogens with two attached hydrogens (primary N) is 1. The van der Waals surface area contributed by atoms with Crippen LogP contribution in [-0.4, -0.2) is 21.8 Å². The van der Waals surface area contributed by atoms with Crippen LogP contribution in [0.3, 0.4) is 0 Å². The van der Waals surface area contributed by atoms with E-state index in [1.54, 1.807) is 0 Å². The van der Waals surface area contributed by atoms with Crippen LogP contribution >= 0.6 is 15.9 Å². The number of hydrogen-bond donors (Lipinski definition) is 2. The second kappa shape index (κ2) is 5.19. The van der Waals surface area contributed by atoms with Crippen LogP contribution in [0.25, 0.3) is 0 Å². The van der Waals surface area contributed by atoms with Crippen molar-refractivity contribution in [1.82, 2.24) is 0 Å². The Morgan fingerprint density at radius 3 is 2.69 bits per heavy atom. The molecule has 0 aliphatic carbocycles. The summed E-state index contributed by atoms with van der Waals surface area (Å²) in [7, 11) is -0.600. The number of rotatable bonds is 2. The molecule has 1 aromatic carbocycles. The van der Waals surface area contributed by atoms with Gasteiger partial charge in [-0.15, -0.1) is 0 Å². The summed E-state index contributed by atoms with van der Waals surface area (Å²) >= 11 is 3.48. The third-order valence-electron chi connectivity index (χ3n) is 2.74. The summed E-state index contributed by atoms with van der Waals surface area (Å²) in [4.78, 5) is 0. The van der Waals surface area contributed by atoms with Crippen LogP contribution in [0.4, 0.5) is 11.4 Å². The van der Waals surface area contributed by atoms with Crippen molar-refractivity contribution in [3.8, 4) is 0 Å². The maximum atomic E-state index is 11.2. The number of nitrogen functional groups attached to an aromatic ring is 1. The van der Waals surface area contributed by atoms with Crippen molar-refractivity contribution < 1.29 is 4.21 Å². The summed E-state index contributed by atoms with van der Waals surface area (Å²) in [5, 5.41) is 3.46. The molecule has 0 spiro atoms. The van der Waals surface area contributed by atoms with Gasteiger partial charge in [-0.3, -0.25) is 4.21 Å². The molecule has 0 aromatic heterocycles. The highest BCUT2D eigenvalue weighted by atomic mass is 79.9. The van der Waals surface area contributed by atoms with E-state index in [1.165, 1.54) is 0 Å². The lowest BCUT2D eigenvalue weighted by molar-refractivity contribution is 0.624. The second-order valence-electron chi connectivity index (χ2n) is 4.01. The zero-order chi connectivity index (χ0) is 11.5. The van der Waals surface area contributed by atoms with Crippen LogP contribution < -0.4 is 11.1 Å². The maximum absolute atomic E-state index is 11.2. The monoisotopic (exact) mass is 302 g/mol. The molecule has 1 saturated heterocycles. The predicted molar refractivity (Wildman–Crippen MR) is 73.1 cm³/mol. The van der Waals surface area contributed by atoms with Gasteiger partial charge in [-0.1, -0.05) is 0 Å². The van der Waals surface area contributed by atoms with E-state index >= 15 is 0 Å². The third-order valence-corrected chi connectivity index (χ3v) is 4.78. The minimum absolute atomic E-state index is 0.428. The van der Waals surface area contributed by atoms with E-state index in [2.05, 4.69) is 21.2 Å². The van der Waals surface area contributed by atoms with Gasteiger partial charge in [0.25, 0.3) is 0 Å². The molecule has 0 unspecified atom stereocenters. The van der Waals surface area contributed by atoms with Gasteiger partial charge in [-0.2, -0.15) is 0 Å². The Hall–Kier alpha value is -0.550. The molecule has 1 fully saturated rings. The molecule has 16 heavy (non-hydrogen) atoms. The SMILES string of the molecule is Nc1ccc(NC2CCS(=O)CC2)c(Br)c1. The minimum Gasteiger partial charge on any atom is -0.399 e. The summed E-state index contributed by atoms with van der Waals surface area (Å²) in [5.41, 5.74) is 7.49. The molecular weight excluding hydrogens is 288 g/mol. The van der Waals surface area contributed by atoms with Crippen LogP contribution in [0.2, 0.25) is 0 Å². The molecule has 0 amide bonds. The summed E-state index contributed by atoms with van der Waals surface area (Å²) in [6.45, 7) is 0. The van der Waals surface area contributed by atoms with E-state index in [-0.39, 0.29) is 0 Å². The highest BCUT2D eigenvalue weighted by Gasteiger charge is 2.18. The van der Waals surface area contributed by atoms with Gasteiger partial charge >= 0.3 is 0 Å². The molecule has 0 saturated carbocycles. The standard InChI is InChI=1S/C11H15BrN2OS/c12-10-7-8(13)1-2-11(10)14-9-3-5-16(15)6-4-9/h1-2,7,9,14H,3-6,13H2. The predicted octanol–water partition coefficient (Wildman–Crippen LogP) is 2.35. The first-order chi connectivity index (χ1) is 7.65. The number of anilines is 2. The lowest BCUT2D eigenvalue weighted by Crippen LogP contribution is -2.29. The number of benzene rings is 1. The normalized spacial score (nSPS) is 25.3. The highest BCUT2D eigenvalue weighted by molar-refractivity contribution is 9.10. The van der Waals surface area contributed by atoms with Gasteiger partial charge < -0.3 is 11.1 Å². The van der Waals surface area contributed by atoms with Gasteiger partial charge in [-0.05, 0) is 47.0 Å². The zero-order valence-electron chi connectivity index (χ0n) is 8.91. The molecule has 0 atom stereocenters. The van der Waals surface area contributed by atoms with Gasteiger partial charge in [-0.25, -0.2) is 0 Å². The van der Waals surface area contributed by atoms with Gasteiger partial charge in [0.1, 0.15) is 0 Å². The summed E-state index contributed by atoms with van der Waals surface area (Å²) < 4.78 is 12.2. The summed E-state index contributed by atoms with van der Waals surface area (Å²) in [6, 6.07) is 6.18. The Morgan fingerprint density at radius 1 is 1.38 bits per heavy atom. The molecule has 0 bridgehead atoms. The number of halogens is 1. The van der Waals surface area contributed by atoms with E-state index in [1.807, 2.05) is 18.2 Å². The first kappa shape index (κ1) is 11.9. The summed E-state index contributed by atoms with van der Waals surface area (Å²) in [6.07, 6.45) is 1.95. The molecule has 5 heteroatoms. The zero-order valence-corrected chi connectivity index (χ0v) is 11.3. The van der Waals surface area contributed by atoms with Crippen LogP contribution in [0.1, 0.15) is 12.8 Å². The molecule has 0 radical (unpaired) electrons. The Balaban J connectivity index is 2.01. The summed E-state index contributed by atoms with van der Waals surface area (Å²) in [5.74, 6) is 1.62. The number of hydrogen-bond acceptors (Lipinski definition) is 3. The Kier molecular flexibility index (Phi) is 3.86. The van der Waals surface area contributed by atoms with Crippen molar-refractivity contribution >= 4 is 38.1 Å². The first-order valence-electron chi connectivity index (χ1n) is 5.31. The Labute approximate surface area is 106 Å². The average molecular weight is 303 g/mol. The van der Waals surface area contributed by atoms with Crippen molar-refractivity contribution in [2.75, 3.05) is 22.6 Å². The lowest BCUT2D eigenvalue weighted by atomic mass is 10.1. The van der Waals surface area contributed by atoms with E-state index in [4.69, 9.17) is 5.73 Å². The van der Waals surface area contributed by atoms with E-state index in [0.29, 0.717) is 6.04 Å². The Bertz CT molecular complexity index is 401. The average Bonchev–Trinajstić information content (AvgIpc) is 2.25. The molecule has 3 N–H and O–H groups in total. The molecule has 1 aliphatic rings. The molecule has 2 rings (SSSR count). The molecule has 1 aliphatic heterocycles. The molecule has 3 nitrogen and oxygen atoms in total. The molecule has 1 aromatic rings. The van der Waals surface area contributed by atoms with Gasteiger partial charge in [0.15, 0.2) is 0 Å². The highest BCUT2D eigenvalue weighted by Crippen LogP contribution is 2.26. The first-order valence-corrected chi connectivity index (χ1v) is 7.60. The van der Waals surface area contributed by atoms with E-state index in [0.717, 1.165) is 40.2 Å². The Morgan fingerprint density at radius 2 is 2.06 bits per heavy atom. The number of nitrogens with one attached hydrogen (secondary N) is 1. The fourth-order valence-corrected chi connectivity index (χ4v) is 3.62. The lowest BCUT2D eigenvalue weighted by Gasteiger charge is -2.24. The largest absolute Gasteiger partial charge is 0.399 e. The molecular formula is C11H15BrN2OS. The smallest absolute Gasteiger partial charge is 0.0488 e. The van der Waals surface area contributed by atoms with E-state index < -0.39 is 10.8 Å².